The zero-order valence-electron chi connectivity index (χ0n) is 20.5. The summed E-state index contributed by atoms with van der Waals surface area (Å²) in [5, 5.41) is 9.01. The predicted molar refractivity (Wildman–Crippen MR) is 145 cm³/mol. The van der Waals surface area contributed by atoms with Crippen LogP contribution in [0.25, 0.3) is 5.69 Å². The van der Waals surface area contributed by atoms with Crippen LogP contribution in [0.4, 0.5) is 23.4 Å². The Morgan fingerprint density at radius 3 is 2.44 bits per heavy atom. The molecule has 202 valence electrons. The van der Waals surface area contributed by atoms with Crippen LogP contribution in [0.5, 0.6) is 0 Å². The Kier molecular flexibility index (Phi) is 8.63. The van der Waals surface area contributed by atoms with E-state index in [-0.39, 0.29) is 23.6 Å². The molecule has 1 atom stereocenters. The van der Waals surface area contributed by atoms with Crippen LogP contribution in [0.15, 0.2) is 72.9 Å². The highest BCUT2D eigenvalue weighted by Crippen LogP contribution is 2.30. The number of aromatic nitrogens is 3. The Morgan fingerprint density at radius 2 is 1.79 bits per heavy atom. The molecule has 0 saturated carbocycles. The third-order valence-electron chi connectivity index (χ3n) is 5.85. The fraction of sp³-hybridized carbons (Fsp3) is 0.185. The lowest BCUT2D eigenvalue weighted by molar-refractivity contribution is -0.141. The molecular formula is C27H22F4IN5O2. The summed E-state index contributed by atoms with van der Waals surface area (Å²) >= 11 is 2.16. The lowest BCUT2D eigenvalue weighted by atomic mass is 10.0. The maximum atomic E-state index is 13.4. The number of rotatable bonds is 8. The molecule has 2 aromatic carbocycles. The molecule has 39 heavy (non-hydrogen) atoms. The molecule has 0 bridgehead atoms. The van der Waals surface area contributed by atoms with Crippen molar-refractivity contribution in [2.75, 3.05) is 5.32 Å². The quantitative estimate of drug-likeness (QED) is 0.138. The minimum atomic E-state index is -4.64. The second-order valence-electron chi connectivity index (χ2n) is 8.61. The molecule has 2 amide bonds. The molecule has 2 heterocycles. The number of hydrogen-bond donors (Lipinski definition) is 2. The first-order valence-electron chi connectivity index (χ1n) is 11.7. The maximum absolute atomic E-state index is 13.4. The average Bonchev–Trinajstić information content (AvgIpc) is 3.37. The normalized spacial score (nSPS) is 12.2. The van der Waals surface area contributed by atoms with E-state index in [1.165, 1.54) is 41.2 Å². The van der Waals surface area contributed by atoms with E-state index in [4.69, 9.17) is 0 Å². The number of nitrogens with zero attached hydrogens (tertiary/aromatic N) is 3. The number of halogens is 5. The summed E-state index contributed by atoms with van der Waals surface area (Å²) in [5.74, 6) is -1.81. The van der Waals surface area contributed by atoms with Crippen LogP contribution >= 0.6 is 22.6 Å². The van der Waals surface area contributed by atoms with Gasteiger partial charge in [0.25, 0.3) is 5.91 Å². The van der Waals surface area contributed by atoms with E-state index < -0.39 is 35.4 Å². The van der Waals surface area contributed by atoms with Crippen molar-refractivity contribution in [1.82, 2.24) is 20.1 Å². The van der Waals surface area contributed by atoms with Crippen LogP contribution in [-0.4, -0.2) is 26.6 Å². The number of carbonyl (C=O) groups excluding carboxylic acids is 2. The SMILES string of the molecule is CC(C(=O)NCc1cc(C(F)(F)F)nn1-c1cccc(CI)c1)c1ccc(NC(=O)c2ccc(F)cc2)nc1. The van der Waals surface area contributed by atoms with Gasteiger partial charge >= 0.3 is 6.18 Å². The van der Waals surface area contributed by atoms with Gasteiger partial charge in [0, 0.05) is 16.2 Å². The summed E-state index contributed by atoms with van der Waals surface area (Å²) in [7, 11) is 0. The van der Waals surface area contributed by atoms with Gasteiger partial charge in [0.2, 0.25) is 5.91 Å². The molecule has 4 aromatic rings. The van der Waals surface area contributed by atoms with Crippen molar-refractivity contribution in [2.45, 2.75) is 30.0 Å². The number of amides is 2. The van der Waals surface area contributed by atoms with Crippen molar-refractivity contribution < 1.29 is 27.2 Å². The number of hydrogen-bond acceptors (Lipinski definition) is 4. The lowest BCUT2D eigenvalue weighted by Crippen LogP contribution is -2.28. The van der Waals surface area contributed by atoms with E-state index in [1.807, 2.05) is 6.07 Å². The van der Waals surface area contributed by atoms with Gasteiger partial charge in [-0.15, -0.1) is 0 Å². The van der Waals surface area contributed by atoms with E-state index in [0.717, 1.165) is 11.6 Å². The highest BCUT2D eigenvalue weighted by atomic mass is 127. The third kappa shape index (κ3) is 6.99. The van der Waals surface area contributed by atoms with Gasteiger partial charge in [-0.2, -0.15) is 18.3 Å². The monoisotopic (exact) mass is 651 g/mol. The largest absolute Gasteiger partial charge is 0.435 e. The molecule has 0 spiro atoms. The van der Waals surface area contributed by atoms with Crippen LogP contribution in [0.2, 0.25) is 0 Å². The van der Waals surface area contributed by atoms with Gasteiger partial charge in [0.05, 0.1) is 23.8 Å². The van der Waals surface area contributed by atoms with E-state index in [1.54, 1.807) is 31.2 Å². The van der Waals surface area contributed by atoms with E-state index in [0.29, 0.717) is 15.7 Å². The van der Waals surface area contributed by atoms with Gasteiger partial charge in [-0.25, -0.2) is 14.1 Å². The van der Waals surface area contributed by atoms with Gasteiger partial charge in [-0.3, -0.25) is 9.59 Å². The summed E-state index contributed by atoms with van der Waals surface area (Å²) in [4.78, 5) is 29.3. The molecule has 2 aromatic heterocycles. The first-order valence-corrected chi connectivity index (χ1v) is 13.2. The van der Waals surface area contributed by atoms with Crippen molar-refractivity contribution in [2.24, 2.45) is 0 Å². The van der Waals surface area contributed by atoms with Crippen LogP contribution < -0.4 is 10.6 Å². The van der Waals surface area contributed by atoms with E-state index >= 15 is 0 Å². The van der Waals surface area contributed by atoms with E-state index in [2.05, 4.69) is 43.3 Å². The smallest absolute Gasteiger partial charge is 0.350 e. The van der Waals surface area contributed by atoms with Gasteiger partial charge < -0.3 is 10.6 Å². The van der Waals surface area contributed by atoms with Gasteiger partial charge in [-0.05, 0) is 66.6 Å². The number of benzene rings is 2. The Morgan fingerprint density at radius 1 is 1.05 bits per heavy atom. The first kappa shape index (κ1) is 28.2. The summed E-state index contributed by atoms with van der Waals surface area (Å²) in [6, 6.07) is 16.1. The Bertz CT molecular complexity index is 1470. The molecule has 12 heteroatoms. The number of anilines is 1. The molecule has 0 aliphatic carbocycles. The zero-order chi connectivity index (χ0) is 28.2. The number of nitrogens with one attached hydrogen (secondary N) is 2. The van der Waals surface area contributed by atoms with Gasteiger partial charge in [-0.1, -0.05) is 40.8 Å². The maximum Gasteiger partial charge on any atom is 0.435 e. The molecule has 2 N–H and O–H groups in total. The minimum Gasteiger partial charge on any atom is -0.350 e. The second kappa shape index (κ2) is 11.9. The van der Waals surface area contributed by atoms with Crippen LogP contribution in [0.3, 0.4) is 0 Å². The molecule has 0 fully saturated rings. The molecule has 1 unspecified atom stereocenters. The summed E-state index contributed by atoms with van der Waals surface area (Å²) in [6.45, 7) is 1.45. The average molecular weight is 651 g/mol. The number of alkyl halides is 4. The summed E-state index contributed by atoms with van der Waals surface area (Å²) < 4.78 is 55.1. The second-order valence-corrected chi connectivity index (χ2v) is 9.37. The number of carbonyl (C=O) groups is 2. The van der Waals surface area contributed by atoms with Crippen LogP contribution in [-0.2, 0) is 21.9 Å². The Hall–Kier alpha value is -3.81. The van der Waals surface area contributed by atoms with Crippen molar-refractivity contribution in [3.63, 3.8) is 0 Å². The van der Waals surface area contributed by atoms with Gasteiger partial charge in [0.1, 0.15) is 11.6 Å². The number of pyridine rings is 1. The highest BCUT2D eigenvalue weighted by molar-refractivity contribution is 14.1. The van der Waals surface area contributed by atoms with Crippen molar-refractivity contribution >= 4 is 40.2 Å². The predicted octanol–water partition coefficient (Wildman–Crippen LogP) is 6.03. The molecule has 0 radical (unpaired) electrons. The minimum absolute atomic E-state index is 0.172. The molecule has 0 saturated heterocycles. The Labute approximate surface area is 234 Å². The molecule has 7 nitrogen and oxygen atoms in total. The Balaban J connectivity index is 1.44. The standard InChI is InChI=1S/C27H22F4IN5O2/c1-16(19-7-10-24(33-14-19)35-26(39)18-5-8-20(28)9-6-18)25(38)34-15-22-12-23(27(29,30)31)36-37(22)21-4-2-3-17(11-21)13-32/h2-12,14,16H,13,15H2,1H3,(H,34,38)(H,33,35,39). The van der Waals surface area contributed by atoms with Gasteiger partial charge in [0.15, 0.2) is 5.69 Å². The van der Waals surface area contributed by atoms with E-state index in [9.17, 15) is 27.2 Å². The zero-order valence-corrected chi connectivity index (χ0v) is 22.6. The lowest BCUT2D eigenvalue weighted by Gasteiger charge is -2.14. The molecular weight excluding hydrogens is 629 g/mol. The fourth-order valence-electron chi connectivity index (χ4n) is 3.69. The third-order valence-corrected chi connectivity index (χ3v) is 6.74. The molecule has 0 aliphatic heterocycles. The van der Waals surface area contributed by atoms with Crippen LogP contribution in [0, 0.1) is 5.82 Å². The van der Waals surface area contributed by atoms with Crippen molar-refractivity contribution in [3.8, 4) is 5.69 Å². The molecule has 4 rings (SSSR count). The highest BCUT2D eigenvalue weighted by Gasteiger charge is 2.35. The summed E-state index contributed by atoms with van der Waals surface area (Å²) in [5.41, 5.74) is 1.29. The topological polar surface area (TPSA) is 88.9 Å². The van der Waals surface area contributed by atoms with Crippen molar-refractivity contribution in [1.29, 1.82) is 0 Å². The fourth-order valence-corrected chi connectivity index (χ4v) is 4.16. The molecule has 0 aliphatic rings. The summed E-state index contributed by atoms with van der Waals surface area (Å²) in [6.07, 6.45) is -3.22. The first-order chi connectivity index (χ1) is 18.5. The van der Waals surface area contributed by atoms with Crippen molar-refractivity contribution in [3.05, 3.63) is 107 Å². The van der Waals surface area contributed by atoms with Crippen LogP contribution in [0.1, 0.15) is 45.7 Å².